The molecule has 1 heterocycles. The van der Waals surface area contributed by atoms with Gasteiger partial charge in [-0.3, -0.25) is 0 Å². The first kappa shape index (κ1) is 8.06. The minimum atomic E-state index is -4.50. The van der Waals surface area contributed by atoms with Crippen LogP contribution in [0, 0.1) is 0 Å². The average Bonchev–Trinajstić information content (AvgIpc) is 1.85. The minimum absolute atomic E-state index is 0.0324. The molecule has 0 spiro atoms. The van der Waals surface area contributed by atoms with Crippen molar-refractivity contribution in [1.82, 2.24) is 9.97 Å². The van der Waals surface area contributed by atoms with Crippen LogP contribution in [-0.4, -0.2) is 18.4 Å². The SMILES string of the molecule is O=S(=O)(F)Cc1ncccn1. The van der Waals surface area contributed by atoms with Crippen molar-refractivity contribution >= 4 is 10.2 Å². The van der Waals surface area contributed by atoms with Gasteiger partial charge in [-0.2, -0.15) is 8.42 Å². The van der Waals surface area contributed by atoms with E-state index >= 15 is 0 Å². The molecule has 0 N–H and O–H groups in total. The molecule has 0 aliphatic carbocycles. The molecule has 60 valence electrons. The van der Waals surface area contributed by atoms with E-state index in [0.717, 1.165) is 0 Å². The normalized spacial score (nSPS) is 11.4. The Morgan fingerprint density at radius 1 is 1.36 bits per heavy atom. The molecule has 6 heteroatoms. The zero-order chi connectivity index (χ0) is 8.32. The maximum atomic E-state index is 12.0. The summed E-state index contributed by atoms with van der Waals surface area (Å²) in [7, 11) is -4.50. The molecule has 0 saturated heterocycles. The van der Waals surface area contributed by atoms with E-state index in [9.17, 15) is 12.3 Å². The second-order valence-electron chi connectivity index (χ2n) is 1.85. The second kappa shape index (κ2) is 2.91. The van der Waals surface area contributed by atoms with Crippen molar-refractivity contribution in [2.45, 2.75) is 5.75 Å². The number of rotatable bonds is 2. The summed E-state index contributed by atoms with van der Waals surface area (Å²) < 4.78 is 32.1. The number of halogens is 1. The highest BCUT2D eigenvalue weighted by Gasteiger charge is 2.09. The van der Waals surface area contributed by atoms with E-state index in [1.165, 1.54) is 18.5 Å². The van der Waals surface area contributed by atoms with Gasteiger partial charge in [0.05, 0.1) is 0 Å². The van der Waals surface area contributed by atoms with Crippen LogP contribution in [-0.2, 0) is 16.0 Å². The van der Waals surface area contributed by atoms with Crippen LogP contribution >= 0.6 is 0 Å². The quantitative estimate of drug-likeness (QED) is 0.607. The first-order valence-corrected chi connectivity index (χ1v) is 4.31. The predicted octanol–water partition coefficient (Wildman–Crippen LogP) is 0.276. The summed E-state index contributed by atoms with van der Waals surface area (Å²) in [6, 6.07) is 1.52. The molecule has 0 atom stereocenters. The van der Waals surface area contributed by atoms with E-state index in [2.05, 4.69) is 9.97 Å². The molecule has 0 amide bonds. The van der Waals surface area contributed by atoms with Crippen LogP contribution in [0.4, 0.5) is 3.89 Å². The molecule has 0 aromatic carbocycles. The fraction of sp³-hybridized carbons (Fsp3) is 0.200. The Bertz CT molecular complexity index is 324. The third-order valence-electron chi connectivity index (χ3n) is 0.921. The van der Waals surface area contributed by atoms with Crippen molar-refractivity contribution in [3.8, 4) is 0 Å². The minimum Gasteiger partial charge on any atom is -0.240 e. The second-order valence-corrected chi connectivity index (χ2v) is 3.21. The number of aromatic nitrogens is 2. The molecule has 1 rings (SSSR count). The van der Waals surface area contributed by atoms with E-state index in [1.54, 1.807) is 0 Å². The first-order valence-electron chi connectivity index (χ1n) is 2.76. The summed E-state index contributed by atoms with van der Waals surface area (Å²) in [5.41, 5.74) is 0. The molecule has 0 aliphatic rings. The third-order valence-corrected chi connectivity index (χ3v) is 1.52. The van der Waals surface area contributed by atoms with Crippen molar-refractivity contribution in [2.24, 2.45) is 0 Å². The Hall–Kier alpha value is -1.04. The van der Waals surface area contributed by atoms with Crippen LogP contribution < -0.4 is 0 Å². The molecule has 1 aromatic rings. The lowest BCUT2D eigenvalue weighted by Gasteiger charge is -1.91. The monoisotopic (exact) mass is 176 g/mol. The van der Waals surface area contributed by atoms with Crippen LogP contribution in [0.1, 0.15) is 5.82 Å². The van der Waals surface area contributed by atoms with Crippen molar-refractivity contribution in [3.63, 3.8) is 0 Å². The largest absolute Gasteiger partial charge is 0.309 e. The first-order chi connectivity index (χ1) is 5.08. The predicted molar refractivity (Wildman–Crippen MR) is 35.8 cm³/mol. The number of hydrogen-bond donors (Lipinski definition) is 0. The molecule has 4 nitrogen and oxygen atoms in total. The Labute approximate surface area is 63.3 Å². The highest BCUT2D eigenvalue weighted by atomic mass is 32.3. The molecule has 0 unspecified atom stereocenters. The van der Waals surface area contributed by atoms with Crippen LogP contribution in [0.15, 0.2) is 18.5 Å². The molecule has 0 aliphatic heterocycles. The van der Waals surface area contributed by atoms with Crippen LogP contribution in [0.2, 0.25) is 0 Å². The summed E-state index contributed by atoms with van der Waals surface area (Å²) >= 11 is 0. The highest BCUT2D eigenvalue weighted by Crippen LogP contribution is 1.99. The molecule has 1 aromatic heterocycles. The van der Waals surface area contributed by atoms with Crippen molar-refractivity contribution in [3.05, 3.63) is 24.3 Å². The fourth-order valence-corrected chi connectivity index (χ4v) is 1.02. The van der Waals surface area contributed by atoms with Crippen LogP contribution in [0.3, 0.4) is 0 Å². The van der Waals surface area contributed by atoms with Crippen molar-refractivity contribution in [1.29, 1.82) is 0 Å². The van der Waals surface area contributed by atoms with Gasteiger partial charge >= 0.3 is 10.2 Å². The summed E-state index contributed by atoms with van der Waals surface area (Å²) in [5.74, 6) is -0.789. The molecule has 0 fully saturated rings. The molecular formula is C5H5FN2O2S. The van der Waals surface area contributed by atoms with E-state index in [-0.39, 0.29) is 5.82 Å². The third kappa shape index (κ3) is 3.03. The van der Waals surface area contributed by atoms with Gasteiger partial charge in [0.2, 0.25) is 0 Å². The molecule has 11 heavy (non-hydrogen) atoms. The van der Waals surface area contributed by atoms with Gasteiger partial charge in [-0.15, -0.1) is 3.89 Å². The Kier molecular flexibility index (Phi) is 2.13. The lowest BCUT2D eigenvalue weighted by atomic mass is 10.6. The standard InChI is InChI=1S/C5H5FN2O2S/c6-11(9,10)4-5-7-2-1-3-8-5/h1-3H,4H2. The Morgan fingerprint density at radius 2 is 1.91 bits per heavy atom. The van der Waals surface area contributed by atoms with Gasteiger partial charge in [0, 0.05) is 12.4 Å². The summed E-state index contributed by atoms with van der Waals surface area (Å²) in [4.78, 5) is 7.07. The van der Waals surface area contributed by atoms with Gasteiger partial charge in [-0.1, -0.05) is 0 Å². The summed E-state index contributed by atoms with van der Waals surface area (Å²) in [5, 5.41) is 0. The van der Waals surface area contributed by atoms with Crippen LogP contribution in [0.5, 0.6) is 0 Å². The van der Waals surface area contributed by atoms with Gasteiger partial charge in [0.25, 0.3) is 0 Å². The molecule has 0 radical (unpaired) electrons. The maximum absolute atomic E-state index is 12.0. The van der Waals surface area contributed by atoms with Crippen molar-refractivity contribution < 1.29 is 12.3 Å². The van der Waals surface area contributed by atoms with Gasteiger partial charge in [0.1, 0.15) is 11.6 Å². The zero-order valence-electron chi connectivity index (χ0n) is 5.44. The van der Waals surface area contributed by atoms with E-state index in [4.69, 9.17) is 0 Å². The van der Waals surface area contributed by atoms with Gasteiger partial charge < -0.3 is 0 Å². The highest BCUT2D eigenvalue weighted by molar-refractivity contribution is 7.85. The lowest BCUT2D eigenvalue weighted by molar-refractivity contribution is 0.549. The zero-order valence-corrected chi connectivity index (χ0v) is 6.25. The Balaban J connectivity index is 2.82. The molecular weight excluding hydrogens is 171 g/mol. The molecule has 0 saturated carbocycles. The summed E-state index contributed by atoms with van der Waals surface area (Å²) in [6.07, 6.45) is 2.71. The van der Waals surface area contributed by atoms with Crippen LogP contribution in [0.25, 0.3) is 0 Å². The number of hydrogen-bond acceptors (Lipinski definition) is 4. The average molecular weight is 176 g/mol. The van der Waals surface area contributed by atoms with Gasteiger partial charge in [-0.25, -0.2) is 9.97 Å². The fourth-order valence-electron chi connectivity index (χ4n) is 0.559. The summed E-state index contributed by atoms with van der Waals surface area (Å²) in [6.45, 7) is 0. The van der Waals surface area contributed by atoms with E-state index in [1.807, 2.05) is 0 Å². The molecule has 0 bridgehead atoms. The maximum Gasteiger partial charge on any atom is 0.309 e. The lowest BCUT2D eigenvalue weighted by Crippen LogP contribution is -2.00. The smallest absolute Gasteiger partial charge is 0.240 e. The Morgan fingerprint density at radius 3 is 2.36 bits per heavy atom. The number of nitrogens with zero attached hydrogens (tertiary/aromatic N) is 2. The van der Waals surface area contributed by atoms with Crippen molar-refractivity contribution in [2.75, 3.05) is 0 Å². The van der Waals surface area contributed by atoms with E-state index in [0.29, 0.717) is 0 Å². The topological polar surface area (TPSA) is 59.9 Å². The van der Waals surface area contributed by atoms with E-state index < -0.39 is 16.0 Å². The van der Waals surface area contributed by atoms with Gasteiger partial charge in [0.15, 0.2) is 0 Å². The van der Waals surface area contributed by atoms with Gasteiger partial charge in [-0.05, 0) is 6.07 Å².